The molecule has 0 spiro atoms. The van der Waals surface area contributed by atoms with Gasteiger partial charge in [-0.15, -0.1) is 0 Å². The molecule has 0 aliphatic rings. The Kier molecular flexibility index (Phi) is 3.25. The van der Waals surface area contributed by atoms with E-state index in [2.05, 4.69) is 5.10 Å². The third-order valence-electron chi connectivity index (χ3n) is 2.89. The lowest BCUT2D eigenvalue weighted by Gasteiger charge is -2.10. The van der Waals surface area contributed by atoms with Crippen molar-refractivity contribution in [3.8, 4) is 11.5 Å². The third-order valence-corrected chi connectivity index (χ3v) is 2.89. The van der Waals surface area contributed by atoms with Crippen molar-refractivity contribution in [2.45, 2.75) is 13.8 Å². The Morgan fingerprint density at radius 2 is 2.11 bits per heavy atom. The minimum atomic E-state index is -0.461. The predicted octanol–water partition coefficient (Wildman–Crippen LogP) is 2.25. The van der Waals surface area contributed by atoms with Crippen molar-refractivity contribution in [2.24, 2.45) is 12.8 Å². The molecular weight excluding hydrogens is 247 g/mol. The Bertz CT molecular complexity index is 648. The summed E-state index contributed by atoms with van der Waals surface area (Å²) in [5, 5.41) is 11.7. The van der Waals surface area contributed by atoms with E-state index in [0.717, 1.165) is 11.4 Å². The maximum Gasteiger partial charge on any atom is 0.171 e. The summed E-state index contributed by atoms with van der Waals surface area (Å²) in [7, 11) is 1.81. The lowest BCUT2D eigenvalue weighted by Crippen LogP contribution is -2.12. The van der Waals surface area contributed by atoms with Gasteiger partial charge in [0.05, 0.1) is 11.3 Å². The first kappa shape index (κ1) is 13.1. The van der Waals surface area contributed by atoms with Gasteiger partial charge < -0.3 is 10.5 Å². The first-order valence-electron chi connectivity index (χ1n) is 5.72. The van der Waals surface area contributed by atoms with Gasteiger partial charge in [0.1, 0.15) is 23.1 Å². The number of ether oxygens (including phenoxy) is 1. The highest BCUT2D eigenvalue weighted by molar-refractivity contribution is 5.97. The molecular formula is C13H15FN4O. The molecule has 0 atom stereocenters. The van der Waals surface area contributed by atoms with Gasteiger partial charge in [0, 0.05) is 7.05 Å². The average Bonchev–Trinajstić information content (AvgIpc) is 2.57. The monoisotopic (exact) mass is 262 g/mol. The van der Waals surface area contributed by atoms with Crippen LogP contribution in [0.15, 0.2) is 18.2 Å². The van der Waals surface area contributed by atoms with E-state index < -0.39 is 5.82 Å². The zero-order valence-electron chi connectivity index (χ0n) is 11.0. The Morgan fingerprint density at radius 3 is 2.63 bits per heavy atom. The van der Waals surface area contributed by atoms with Crippen LogP contribution in [0.5, 0.6) is 11.5 Å². The van der Waals surface area contributed by atoms with Gasteiger partial charge in [-0.3, -0.25) is 10.1 Å². The molecule has 0 bridgehead atoms. The van der Waals surface area contributed by atoms with E-state index in [4.69, 9.17) is 15.9 Å². The number of aromatic nitrogens is 2. The molecule has 1 aromatic carbocycles. The summed E-state index contributed by atoms with van der Waals surface area (Å²) in [5.74, 6) is 0.232. The van der Waals surface area contributed by atoms with Crippen molar-refractivity contribution in [1.29, 1.82) is 5.41 Å². The molecule has 5 nitrogen and oxygen atoms in total. The topological polar surface area (TPSA) is 76.9 Å². The summed E-state index contributed by atoms with van der Waals surface area (Å²) in [6, 6.07) is 3.90. The van der Waals surface area contributed by atoms with Crippen LogP contribution in [-0.4, -0.2) is 15.6 Å². The molecule has 2 rings (SSSR count). The van der Waals surface area contributed by atoms with E-state index in [1.807, 2.05) is 20.9 Å². The lowest BCUT2D eigenvalue weighted by atomic mass is 10.2. The standard InChI is InChI=1S/C13H15FN4O/c1-7-12(8(2)18(3)17-7)19-11-5-4-9(14)6-10(11)13(15)16/h4-6H,1-3H3,(H3,15,16). The molecule has 100 valence electrons. The molecule has 0 saturated heterocycles. The molecule has 1 heterocycles. The lowest BCUT2D eigenvalue weighted by molar-refractivity contribution is 0.471. The molecule has 0 saturated carbocycles. The fourth-order valence-corrected chi connectivity index (χ4v) is 1.81. The fourth-order valence-electron chi connectivity index (χ4n) is 1.81. The van der Waals surface area contributed by atoms with Crippen LogP contribution in [0.2, 0.25) is 0 Å². The molecule has 2 aromatic rings. The molecule has 0 radical (unpaired) electrons. The van der Waals surface area contributed by atoms with Gasteiger partial charge in [0.25, 0.3) is 0 Å². The maximum absolute atomic E-state index is 13.2. The smallest absolute Gasteiger partial charge is 0.171 e. The van der Waals surface area contributed by atoms with Crippen molar-refractivity contribution in [3.05, 3.63) is 41.0 Å². The van der Waals surface area contributed by atoms with E-state index in [0.29, 0.717) is 11.5 Å². The second-order valence-electron chi connectivity index (χ2n) is 4.28. The van der Waals surface area contributed by atoms with E-state index in [-0.39, 0.29) is 11.4 Å². The summed E-state index contributed by atoms with van der Waals surface area (Å²) in [4.78, 5) is 0. The number of nitrogens with zero attached hydrogens (tertiary/aromatic N) is 2. The van der Waals surface area contributed by atoms with Crippen molar-refractivity contribution in [3.63, 3.8) is 0 Å². The molecule has 0 unspecified atom stereocenters. The van der Waals surface area contributed by atoms with Gasteiger partial charge in [-0.2, -0.15) is 5.10 Å². The largest absolute Gasteiger partial charge is 0.453 e. The first-order valence-corrected chi connectivity index (χ1v) is 5.72. The summed E-state index contributed by atoms with van der Waals surface area (Å²) >= 11 is 0. The van der Waals surface area contributed by atoms with E-state index in [1.165, 1.54) is 18.2 Å². The molecule has 19 heavy (non-hydrogen) atoms. The number of amidine groups is 1. The highest BCUT2D eigenvalue weighted by Crippen LogP contribution is 2.30. The second-order valence-corrected chi connectivity index (χ2v) is 4.28. The molecule has 0 amide bonds. The first-order chi connectivity index (χ1) is 8.90. The highest BCUT2D eigenvalue weighted by atomic mass is 19.1. The van der Waals surface area contributed by atoms with Crippen LogP contribution >= 0.6 is 0 Å². The minimum absolute atomic E-state index is 0.225. The Hall–Kier alpha value is -2.37. The van der Waals surface area contributed by atoms with Crippen LogP contribution in [0.3, 0.4) is 0 Å². The zero-order chi connectivity index (χ0) is 14.2. The molecule has 0 aliphatic heterocycles. The summed E-state index contributed by atoms with van der Waals surface area (Å²) in [6.45, 7) is 3.69. The van der Waals surface area contributed by atoms with Gasteiger partial charge in [0.2, 0.25) is 0 Å². The van der Waals surface area contributed by atoms with E-state index in [1.54, 1.807) is 4.68 Å². The van der Waals surface area contributed by atoms with Gasteiger partial charge in [-0.1, -0.05) is 0 Å². The molecule has 6 heteroatoms. The zero-order valence-corrected chi connectivity index (χ0v) is 11.0. The van der Waals surface area contributed by atoms with Crippen molar-refractivity contribution < 1.29 is 9.13 Å². The van der Waals surface area contributed by atoms with Crippen LogP contribution in [-0.2, 0) is 7.05 Å². The van der Waals surface area contributed by atoms with E-state index >= 15 is 0 Å². The van der Waals surface area contributed by atoms with Gasteiger partial charge >= 0.3 is 0 Å². The number of hydrogen-bond donors (Lipinski definition) is 2. The SMILES string of the molecule is Cc1nn(C)c(C)c1Oc1ccc(F)cc1C(=N)N. The van der Waals surface area contributed by atoms with Crippen molar-refractivity contribution in [1.82, 2.24) is 9.78 Å². The van der Waals surface area contributed by atoms with E-state index in [9.17, 15) is 4.39 Å². The second kappa shape index (κ2) is 4.72. The summed E-state index contributed by atoms with van der Waals surface area (Å²) < 4.78 is 20.6. The Morgan fingerprint density at radius 1 is 1.42 bits per heavy atom. The molecule has 0 fully saturated rings. The predicted molar refractivity (Wildman–Crippen MR) is 70.2 cm³/mol. The summed E-state index contributed by atoms with van der Waals surface area (Å²) in [6.07, 6.45) is 0. The van der Waals surface area contributed by atoms with Crippen molar-refractivity contribution in [2.75, 3.05) is 0 Å². The van der Waals surface area contributed by atoms with Gasteiger partial charge in [-0.05, 0) is 32.0 Å². The number of nitrogens with one attached hydrogen (secondary N) is 1. The Labute approximate surface area is 110 Å². The fraction of sp³-hybridized carbons (Fsp3) is 0.231. The average molecular weight is 262 g/mol. The van der Waals surface area contributed by atoms with Crippen LogP contribution in [0.4, 0.5) is 4.39 Å². The van der Waals surface area contributed by atoms with Crippen molar-refractivity contribution >= 4 is 5.84 Å². The normalized spacial score (nSPS) is 10.5. The number of halogens is 1. The van der Waals surface area contributed by atoms with Crippen LogP contribution in [0.1, 0.15) is 17.0 Å². The van der Waals surface area contributed by atoms with Crippen LogP contribution < -0.4 is 10.5 Å². The minimum Gasteiger partial charge on any atom is -0.453 e. The third kappa shape index (κ3) is 2.42. The van der Waals surface area contributed by atoms with Gasteiger partial charge in [0.15, 0.2) is 5.75 Å². The molecule has 1 aromatic heterocycles. The number of benzene rings is 1. The molecule has 0 aliphatic carbocycles. The highest BCUT2D eigenvalue weighted by Gasteiger charge is 2.15. The molecule has 3 N–H and O–H groups in total. The maximum atomic E-state index is 13.2. The quantitative estimate of drug-likeness (QED) is 0.658. The number of hydrogen-bond acceptors (Lipinski definition) is 3. The number of nitrogen functional groups attached to an aromatic ring is 1. The number of nitrogens with two attached hydrogens (primary N) is 1. The van der Waals surface area contributed by atoms with Crippen LogP contribution in [0, 0.1) is 25.1 Å². The Balaban J connectivity index is 2.46. The van der Waals surface area contributed by atoms with Gasteiger partial charge in [-0.25, -0.2) is 4.39 Å². The van der Waals surface area contributed by atoms with Crippen LogP contribution in [0.25, 0.3) is 0 Å². The number of rotatable bonds is 3. The number of aryl methyl sites for hydroxylation is 2. The summed E-state index contributed by atoms with van der Waals surface area (Å²) in [5.41, 5.74) is 7.22.